The van der Waals surface area contributed by atoms with Crippen LogP contribution in [-0.2, 0) is 4.79 Å². The summed E-state index contributed by atoms with van der Waals surface area (Å²) in [6.07, 6.45) is 7.32. The summed E-state index contributed by atoms with van der Waals surface area (Å²) in [4.78, 5) is 11.7. The number of ether oxygens (including phenoxy) is 1. The molecule has 1 aromatic carbocycles. The van der Waals surface area contributed by atoms with E-state index in [1.54, 1.807) is 6.20 Å². The van der Waals surface area contributed by atoms with Crippen LogP contribution in [0.5, 0.6) is 5.75 Å². The number of hydrogen-bond donors (Lipinski definition) is 2. The average Bonchev–Trinajstić information content (AvgIpc) is 2.92. The molecule has 100 valence electrons. The number of fused-ring (bicyclic) bond motifs is 1. The van der Waals surface area contributed by atoms with Gasteiger partial charge in [0.05, 0.1) is 6.20 Å². The maximum absolute atomic E-state index is 11.7. The zero-order chi connectivity index (χ0) is 13.9. The van der Waals surface area contributed by atoms with Crippen molar-refractivity contribution in [1.29, 1.82) is 0 Å². The number of hydrogen-bond acceptors (Lipinski definition) is 3. The van der Waals surface area contributed by atoms with Crippen molar-refractivity contribution < 1.29 is 9.53 Å². The van der Waals surface area contributed by atoms with E-state index in [0.717, 1.165) is 11.1 Å². The fraction of sp³-hybridized carbons (Fsp3) is 0.200. The Bertz CT molecular complexity index is 684. The first-order chi connectivity index (χ1) is 9.78. The van der Waals surface area contributed by atoms with Crippen LogP contribution in [0.1, 0.15) is 23.5 Å². The predicted octanol–water partition coefficient (Wildman–Crippen LogP) is 1.90. The Labute approximate surface area is 116 Å². The summed E-state index contributed by atoms with van der Waals surface area (Å²) in [5.41, 5.74) is 2.00. The Morgan fingerprint density at radius 2 is 2.40 bits per heavy atom. The Hall–Kier alpha value is -2.74. The fourth-order valence-electron chi connectivity index (χ4n) is 2.39. The molecule has 0 aliphatic carbocycles. The van der Waals surface area contributed by atoms with E-state index in [1.165, 1.54) is 0 Å². The molecule has 5 nitrogen and oxygen atoms in total. The number of aromatic nitrogens is 2. The molecule has 2 N–H and O–H groups in total. The van der Waals surface area contributed by atoms with Crippen molar-refractivity contribution in [1.82, 2.24) is 10.2 Å². The summed E-state index contributed by atoms with van der Waals surface area (Å²) < 4.78 is 5.42. The first-order valence-corrected chi connectivity index (χ1v) is 6.27. The summed E-state index contributed by atoms with van der Waals surface area (Å²) in [5.74, 6) is 3.76. The third kappa shape index (κ3) is 2.24. The molecule has 2 heterocycles. The Morgan fingerprint density at radius 1 is 1.50 bits per heavy atom. The van der Waals surface area contributed by atoms with Gasteiger partial charge in [0.25, 0.3) is 0 Å². The zero-order valence-corrected chi connectivity index (χ0v) is 10.7. The number of carbonyl (C=O) groups is 1. The first-order valence-electron chi connectivity index (χ1n) is 6.27. The summed E-state index contributed by atoms with van der Waals surface area (Å²) in [5, 5.41) is 9.56. The van der Waals surface area contributed by atoms with Gasteiger partial charge in [0.2, 0.25) is 5.91 Å². The van der Waals surface area contributed by atoms with Crippen LogP contribution in [0.3, 0.4) is 0 Å². The van der Waals surface area contributed by atoms with Gasteiger partial charge < -0.3 is 10.1 Å². The van der Waals surface area contributed by atoms with Gasteiger partial charge in [-0.15, -0.1) is 6.42 Å². The van der Waals surface area contributed by atoms with E-state index in [9.17, 15) is 4.79 Å². The minimum Gasteiger partial charge on any atom is -0.481 e. The second-order valence-corrected chi connectivity index (χ2v) is 4.57. The summed E-state index contributed by atoms with van der Waals surface area (Å²) in [6.45, 7) is 0.228. The van der Waals surface area contributed by atoms with Crippen LogP contribution in [0.15, 0.2) is 30.5 Å². The fourth-order valence-corrected chi connectivity index (χ4v) is 2.39. The molecular formula is C15H13N3O2. The lowest BCUT2D eigenvalue weighted by molar-refractivity contribution is -0.116. The Balaban J connectivity index is 1.94. The zero-order valence-electron chi connectivity index (χ0n) is 10.7. The van der Waals surface area contributed by atoms with Crippen LogP contribution in [0, 0.1) is 12.3 Å². The van der Waals surface area contributed by atoms with E-state index in [4.69, 9.17) is 11.2 Å². The van der Waals surface area contributed by atoms with Gasteiger partial charge in [-0.25, -0.2) is 0 Å². The number of nitrogens with one attached hydrogen (secondary N) is 2. The quantitative estimate of drug-likeness (QED) is 0.835. The van der Waals surface area contributed by atoms with Gasteiger partial charge in [-0.3, -0.25) is 9.89 Å². The highest BCUT2D eigenvalue weighted by molar-refractivity contribution is 5.94. The van der Waals surface area contributed by atoms with Gasteiger partial charge >= 0.3 is 0 Å². The number of amides is 1. The van der Waals surface area contributed by atoms with Crippen molar-refractivity contribution in [2.45, 2.75) is 12.3 Å². The van der Waals surface area contributed by atoms with Crippen molar-refractivity contribution in [2.75, 3.05) is 11.9 Å². The van der Waals surface area contributed by atoms with Gasteiger partial charge in [-0.2, -0.15) is 5.10 Å². The van der Waals surface area contributed by atoms with Crippen LogP contribution in [0.4, 0.5) is 5.82 Å². The third-order valence-corrected chi connectivity index (χ3v) is 3.28. The lowest BCUT2D eigenvalue weighted by Gasteiger charge is -2.22. The Kier molecular flexibility index (Phi) is 3.13. The number of carbonyl (C=O) groups excluding carboxylic acids is 1. The molecule has 1 aliphatic rings. The molecule has 0 saturated carbocycles. The van der Waals surface area contributed by atoms with Crippen molar-refractivity contribution in [2.24, 2.45) is 0 Å². The summed E-state index contributed by atoms with van der Waals surface area (Å²) >= 11 is 0. The normalized spacial score (nSPS) is 16.9. The first kappa shape index (κ1) is 12.3. The van der Waals surface area contributed by atoms with Gasteiger partial charge in [-0.1, -0.05) is 18.1 Å². The SMILES string of the molecule is C#CCOc1cccc([C@H]2CC(=O)Nc3[nH]ncc32)c1. The van der Waals surface area contributed by atoms with Crippen LogP contribution in [-0.4, -0.2) is 22.7 Å². The standard InChI is InChI=1S/C15H13N3O2/c1-2-6-20-11-5-3-4-10(7-11)12-8-14(19)17-15-13(12)9-16-18-15/h1,3-5,7,9,12H,6,8H2,(H2,16,17,18,19)/t12-/m1/s1. The molecule has 0 radical (unpaired) electrons. The second kappa shape index (κ2) is 5.10. The highest BCUT2D eigenvalue weighted by Crippen LogP contribution is 2.36. The minimum absolute atomic E-state index is 0.0214. The summed E-state index contributed by atoms with van der Waals surface area (Å²) in [6, 6.07) is 7.63. The monoisotopic (exact) mass is 267 g/mol. The lowest BCUT2D eigenvalue weighted by atomic mass is 9.87. The van der Waals surface area contributed by atoms with Crippen molar-refractivity contribution in [3.63, 3.8) is 0 Å². The molecule has 1 aromatic heterocycles. The second-order valence-electron chi connectivity index (χ2n) is 4.57. The van der Waals surface area contributed by atoms with Gasteiger partial charge in [0.15, 0.2) is 0 Å². The average molecular weight is 267 g/mol. The molecule has 1 amide bonds. The van der Waals surface area contributed by atoms with Crippen LogP contribution in [0.25, 0.3) is 0 Å². The molecule has 1 atom stereocenters. The molecule has 0 saturated heterocycles. The number of rotatable bonds is 3. The number of benzene rings is 1. The maximum Gasteiger partial charge on any atom is 0.226 e. The van der Waals surface area contributed by atoms with E-state index in [0.29, 0.717) is 18.0 Å². The maximum atomic E-state index is 11.7. The van der Waals surface area contributed by atoms with Crippen molar-refractivity contribution >= 4 is 11.7 Å². The van der Waals surface area contributed by atoms with Gasteiger partial charge in [0.1, 0.15) is 18.2 Å². The molecule has 0 unspecified atom stereocenters. The van der Waals surface area contributed by atoms with E-state index in [2.05, 4.69) is 21.4 Å². The van der Waals surface area contributed by atoms with E-state index in [1.807, 2.05) is 24.3 Å². The van der Waals surface area contributed by atoms with E-state index >= 15 is 0 Å². The van der Waals surface area contributed by atoms with Gasteiger partial charge in [-0.05, 0) is 17.7 Å². The smallest absolute Gasteiger partial charge is 0.226 e. The van der Waals surface area contributed by atoms with Crippen LogP contribution in [0.2, 0.25) is 0 Å². The topological polar surface area (TPSA) is 67.0 Å². The molecule has 1 aliphatic heterocycles. The number of nitrogens with zero attached hydrogens (tertiary/aromatic N) is 1. The van der Waals surface area contributed by atoms with Gasteiger partial charge in [0, 0.05) is 17.9 Å². The third-order valence-electron chi connectivity index (χ3n) is 3.28. The highest BCUT2D eigenvalue weighted by Gasteiger charge is 2.28. The van der Waals surface area contributed by atoms with Crippen molar-refractivity contribution in [3.8, 4) is 18.1 Å². The number of anilines is 1. The minimum atomic E-state index is -0.0262. The lowest BCUT2D eigenvalue weighted by Crippen LogP contribution is -2.22. The number of aromatic amines is 1. The molecule has 0 fully saturated rings. The molecular weight excluding hydrogens is 254 g/mol. The highest BCUT2D eigenvalue weighted by atomic mass is 16.5. The van der Waals surface area contributed by atoms with Crippen LogP contribution >= 0.6 is 0 Å². The van der Waals surface area contributed by atoms with E-state index in [-0.39, 0.29) is 18.4 Å². The molecule has 0 spiro atoms. The molecule has 2 aromatic rings. The largest absolute Gasteiger partial charge is 0.481 e. The molecule has 3 rings (SSSR count). The number of terminal acetylenes is 1. The van der Waals surface area contributed by atoms with Crippen LogP contribution < -0.4 is 10.1 Å². The number of H-pyrrole nitrogens is 1. The van der Waals surface area contributed by atoms with E-state index < -0.39 is 0 Å². The molecule has 5 heteroatoms. The summed E-state index contributed by atoms with van der Waals surface area (Å²) in [7, 11) is 0. The molecule has 0 bridgehead atoms. The molecule has 20 heavy (non-hydrogen) atoms. The predicted molar refractivity (Wildman–Crippen MR) is 74.4 cm³/mol. The van der Waals surface area contributed by atoms with Crippen molar-refractivity contribution in [3.05, 3.63) is 41.6 Å². The Morgan fingerprint density at radius 3 is 3.25 bits per heavy atom.